The summed E-state index contributed by atoms with van der Waals surface area (Å²) in [5.74, 6) is 0.0451. The molecular formula is C15H24N4O. The van der Waals surface area contributed by atoms with Crippen LogP contribution in [0.4, 0.5) is 5.69 Å². The minimum Gasteiger partial charge on any atom is -0.326 e. The Hall–Kier alpha value is -1.43. The van der Waals surface area contributed by atoms with Crippen molar-refractivity contribution in [2.45, 2.75) is 19.5 Å². The van der Waals surface area contributed by atoms with Crippen molar-refractivity contribution >= 4 is 11.6 Å². The number of amides is 1. The number of anilines is 1. The summed E-state index contributed by atoms with van der Waals surface area (Å²) >= 11 is 0. The zero-order chi connectivity index (χ0) is 14.5. The number of nitrogens with two attached hydrogens (primary N) is 1. The van der Waals surface area contributed by atoms with Gasteiger partial charge in [-0.05, 0) is 31.7 Å². The van der Waals surface area contributed by atoms with Gasteiger partial charge < -0.3 is 16.0 Å². The van der Waals surface area contributed by atoms with E-state index in [0.29, 0.717) is 6.54 Å². The highest BCUT2D eigenvalue weighted by molar-refractivity contribution is 5.94. The van der Waals surface area contributed by atoms with Crippen LogP contribution in [0.1, 0.15) is 12.5 Å². The highest BCUT2D eigenvalue weighted by atomic mass is 16.2. The first-order valence-electron chi connectivity index (χ1n) is 7.12. The van der Waals surface area contributed by atoms with Gasteiger partial charge in [0.2, 0.25) is 5.91 Å². The van der Waals surface area contributed by atoms with Crippen molar-refractivity contribution in [1.29, 1.82) is 0 Å². The summed E-state index contributed by atoms with van der Waals surface area (Å²) in [6.45, 7) is 6.35. The van der Waals surface area contributed by atoms with Crippen molar-refractivity contribution in [2.75, 3.05) is 38.5 Å². The first kappa shape index (κ1) is 15.0. The predicted molar refractivity (Wildman–Crippen MR) is 81.5 cm³/mol. The van der Waals surface area contributed by atoms with Crippen LogP contribution in [0.2, 0.25) is 0 Å². The number of hydrogen-bond donors (Lipinski definition) is 2. The first-order valence-corrected chi connectivity index (χ1v) is 7.12. The van der Waals surface area contributed by atoms with E-state index in [4.69, 9.17) is 5.73 Å². The molecule has 0 aromatic heterocycles. The van der Waals surface area contributed by atoms with E-state index in [-0.39, 0.29) is 11.9 Å². The lowest BCUT2D eigenvalue weighted by molar-refractivity contribution is -0.121. The molecule has 1 amide bonds. The Morgan fingerprint density at radius 1 is 1.35 bits per heavy atom. The zero-order valence-electron chi connectivity index (χ0n) is 12.3. The molecule has 0 saturated carbocycles. The number of carbonyl (C=O) groups is 1. The van der Waals surface area contributed by atoms with Crippen LogP contribution in [0.5, 0.6) is 0 Å². The lowest BCUT2D eigenvalue weighted by atomic mass is 10.2. The van der Waals surface area contributed by atoms with Crippen LogP contribution in [-0.4, -0.2) is 55.0 Å². The van der Waals surface area contributed by atoms with Crippen LogP contribution in [0.25, 0.3) is 0 Å². The van der Waals surface area contributed by atoms with Gasteiger partial charge in [0.05, 0.1) is 6.04 Å². The van der Waals surface area contributed by atoms with Crippen molar-refractivity contribution in [2.24, 2.45) is 5.73 Å². The maximum absolute atomic E-state index is 12.3. The van der Waals surface area contributed by atoms with Crippen LogP contribution in [0, 0.1) is 0 Å². The van der Waals surface area contributed by atoms with E-state index in [1.807, 2.05) is 31.2 Å². The van der Waals surface area contributed by atoms with E-state index < -0.39 is 0 Å². The SMILES string of the molecule is CC(C(=O)Nc1cccc(CN)c1)N1CCN(C)CC1. The molecule has 0 radical (unpaired) electrons. The Kier molecular flexibility index (Phi) is 5.11. The average Bonchev–Trinajstić information content (AvgIpc) is 2.47. The lowest BCUT2D eigenvalue weighted by Gasteiger charge is -2.35. The molecule has 20 heavy (non-hydrogen) atoms. The monoisotopic (exact) mass is 276 g/mol. The van der Waals surface area contributed by atoms with E-state index >= 15 is 0 Å². The number of piperazine rings is 1. The summed E-state index contributed by atoms with van der Waals surface area (Å²) < 4.78 is 0. The fraction of sp³-hybridized carbons (Fsp3) is 0.533. The smallest absolute Gasteiger partial charge is 0.241 e. The average molecular weight is 276 g/mol. The third kappa shape index (κ3) is 3.79. The van der Waals surface area contributed by atoms with Gasteiger partial charge in [-0.3, -0.25) is 9.69 Å². The number of rotatable bonds is 4. The second kappa shape index (κ2) is 6.83. The van der Waals surface area contributed by atoms with Crippen LogP contribution >= 0.6 is 0 Å². The number of nitrogens with zero attached hydrogens (tertiary/aromatic N) is 2. The summed E-state index contributed by atoms with van der Waals surface area (Å²) in [6, 6.07) is 7.59. The highest BCUT2D eigenvalue weighted by Crippen LogP contribution is 2.12. The van der Waals surface area contributed by atoms with Gasteiger partial charge in [0.1, 0.15) is 0 Å². The normalized spacial score (nSPS) is 18.8. The van der Waals surface area contributed by atoms with Gasteiger partial charge in [-0.1, -0.05) is 12.1 Å². The number of nitrogens with one attached hydrogen (secondary N) is 1. The van der Waals surface area contributed by atoms with Gasteiger partial charge in [-0.15, -0.1) is 0 Å². The fourth-order valence-corrected chi connectivity index (χ4v) is 2.40. The predicted octanol–water partition coefficient (Wildman–Crippen LogP) is 0.720. The second-order valence-corrected chi connectivity index (χ2v) is 5.41. The number of hydrogen-bond acceptors (Lipinski definition) is 4. The Morgan fingerprint density at radius 3 is 2.70 bits per heavy atom. The van der Waals surface area contributed by atoms with Gasteiger partial charge in [-0.25, -0.2) is 0 Å². The lowest BCUT2D eigenvalue weighted by Crippen LogP contribution is -2.51. The van der Waals surface area contributed by atoms with E-state index in [2.05, 4.69) is 22.2 Å². The fourth-order valence-electron chi connectivity index (χ4n) is 2.40. The van der Waals surface area contributed by atoms with Gasteiger partial charge in [-0.2, -0.15) is 0 Å². The van der Waals surface area contributed by atoms with Crippen molar-refractivity contribution in [3.05, 3.63) is 29.8 Å². The molecule has 5 nitrogen and oxygen atoms in total. The molecule has 0 bridgehead atoms. The van der Waals surface area contributed by atoms with Crippen LogP contribution in [0.15, 0.2) is 24.3 Å². The molecule has 1 aliphatic heterocycles. The largest absolute Gasteiger partial charge is 0.326 e. The van der Waals surface area contributed by atoms with Crippen LogP contribution in [0.3, 0.4) is 0 Å². The Morgan fingerprint density at radius 2 is 2.05 bits per heavy atom. The van der Waals surface area contributed by atoms with Crippen LogP contribution in [-0.2, 0) is 11.3 Å². The molecule has 1 aromatic rings. The maximum Gasteiger partial charge on any atom is 0.241 e. The number of likely N-dealkylation sites (N-methyl/N-ethyl adjacent to an activating group) is 1. The van der Waals surface area contributed by atoms with Gasteiger partial charge in [0, 0.05) is 38.4 Å². The molecule has 110 valence electrons. The van der Waals surface area contributed by atoms with E-state index in [1.54, 1.807) is 0 Å². The summed E-state index contributed by atoms with van der Waals surface area (Å²) in [6.07, 6.45) is 0. The molecular weight excluding hydrogens is 252 g/mol. The number of carbonyl (C=O) groups excluding carboxylic acids is 1. The van der Waals surface area contributed by atoms with E-state index in [9.17, 15) is 4.79 Å². The minimum atomic E-state index is -0.106. The molecule has 0 spiro atoms. The molecule has 1 aromatic carbocycles. The molecule has 0 aliphatic carbocycles. The molecule has 1 aliphatic rings. The molecule has 5 heteroatoms. The van der Waals surface area contributed by atoms with Crippen molar-refractivity contribution < 1.29 is 4.79 Å². The van der Waals surface area contributed by atoms with Gasteiger partial charge in [0.15, 0.2) is 0 Å². The molecule has 2 rings (SSSR count). The molecule has 1 heterocycles. The van der Waals surface area contributed by atoms with Gasteiger partial charge >= 0.3 is 0 Å². The van der Waals surface area contributed by atoms with Crippen molar-refractivity contribution in [3.8, 4) is 0 Å². The first-order chi connectivity index (χ1) is 9.60. The Balaban J connectivity index is 1.93. The van der Waals surface area contributed by atoms with Crippen molar-refractivity contribution in [1.82, 2.24) is 9.80 Å². The summed E-state index contributed by atoms with van der Waals surface area (Å²) in [4.78, 5) is 16.8. The zero-order valence-corrected chi connectivity index (χ0v) is 12.3. The van der Waals surface area contributed by atoms with E-state index in [1.165, 1.54) is 0 Å². The molecule has 1 saturated heterocycles. The van der Waals surface area contributed by atoms with Crippen LogP contribution < -0.4 is 11.1 Å². The molecule has 1 unspecified atom stereocenters. The topological polar surface area (TPSA) is 61.6 Å². The molecule has 1 atom stereocenters. The van der Waals surface area contributed by atoms with E-state index in [0.717, 1.165) is 37.4 Å². The molecule has 1 fully saturated rings. The number of benzene rings is 1. The summed E-state index contributed by atoms with van der Waals surface area (Å²) in [5.41, 5.74) is 7.46. The maximum atomic E-state index is 12.3. The Labute approximate surface area is 120 Å². The quantitative estimate of drug-likeness (QED) is 0.850. The second-order valence-electron chi connectivity index (χ2n) is 5.41. The van der Waals surface area contributed by atoms with Gasteiger partial charge in [0.25, 0.3) is 0 Å². The third-order valence-corrected chi connectivity index (χ3v) is 3.90. The summed E-state index contributed by atoms with van der Waals surface area (Å²) in [7, 11) is 2.11. The minimum absolute atomic E-state index is 0.0451. The standard InChI is InChI=1S/C15H24N4O/c1-12(19-8-6-18(2)7-9-19)15(20)17-14-5-3-4-13(10-14)11-16/h3-5,10,12H,6-9,11,16H2,1-2H3,(H,17,20). The highest BCUT2D eigenvalue weighted by Gasteiger charge is 2.24. The van der Waals surface area contributed by atoms with Crippen molar-refractivity contribution in [3.63, 3.8) is 0 Å². The Bertz CT molecular complexity index is 455. The molecule has 3 N–H and O–H groups in total. The summed E-state index contributed by atoms with van der Waals surface area (Å²) in [5, 5.41) is 2.98. The third-order valence-electron chi connectivity index (χ3n) is 3.90.